The molecule has 2 aromatic carbocycles. The normalized spacial score (nSPS) is 21.6. The van der Waals surface area contributed by atoms with Gasteiger partial charge in [-0.1, -0.05) is 12.1 Å². The van der Waals surface area contributed by atoms with Crippen molar-refractivity contribution in [2.45, 2.75) is 38.8 Å². The minimum Gasteiger partial charge on any atom is -0.496 e. The van der Waals surface area contributed by atoms with Crippen molar-refractivity contribution in [3.63, 3.8) is 0 Å². The van der Waals surface area contributed by atoms with E-state index in [1.807, 2.05) is 6.33 Å². The Morgan fingerprint density at radius 2 is 2.15 bits per heavy atom. The standard InChI is InChI=1S/C22H25N3O/c1-14-9-15(3-6-21(14)26-2)12-25-13-24-19-10-17-5-4-16-7-8-23-22(16)18(17)11-20(19)25/h3,6,9-11,13,16,22-23H,4-5,7-8,12H2,1-2H3. The molecule has 1 fully saturated rings. The number of fused-ring (bicyclic) bond motifs is 4. The van der Waals surface area contributed by atoms with E-state index in [1.165, 1.54) is 47.0 Å². The van der Waals surface area contributed by atoms with Crippen molar-refractivity contribution in [2.24, 2.45) is 5.92 Å². The molecule has 0 radical (unpaired) electrons. The van der Waals surface area contributed by atoms with Gasteiger partial charge < -0.3 is 14.6 Å². The van der Waals surface area contributed by atoms with Gasteiger partial charge in [0.25, 0.3) is 0 Å². The molecular formula is C22H25N3O. The molecule has 1 aromatic heterocycles. The number of imidazole rings is 1. The quantitative estimate of drug-likeness (QED) is 0.778. The Kier molecular flexibility index (Phi) is 3.75. The van der Waals surface area contributed by atoms with Gasteiger partial charge in [-0.15, -0.1) is 0 Å². The van der Waals surface area contributed by atoms with Gasteiger partial charge in [-0.2, -0.15) is 0 Å². The fourth-order valence-electron chi connectivity index (χ4n) is 4.80. The Balaban J connectivity index is 1.53. The summed E-state index contributed by atoms with van der Waals surface area (Å²) in [5.41, 5.74) is 7.79. The van der Waals surface area contributed by atoms with Crippen LogP contribution in [-0.4, -0.2) is 23.2 Å². The molecule has 3 aromatic rings. The number of aromatic nitrogens is 2. The van der Waals surface area contributed by atoms with Crippen molar-refractivity contribution in [1.29, 1.82) is 0 Å². The molecule has 2 atom stereocenters. The lowest BCUT2D eigenvalue weighted by atomic mass is 9.80. The highest BCUT2D eigenvalue weighted by Crippen LogP contribution is 2.40. The maximum atomic E-state index is 5.38. The third kappa shape index (κ3) is 2.52. The van der Waals surface area contributed by atoms with Crippen LogP contribution in [0.15, 0.2) is 36.7 Å². The number of ether oxygens (including phenoxy) is 1. The molecule has 134 valence electrons. The zero-order valence-corrected chi connectivity index (χ0v) is 15.5. The van der Waals surface area contributed by atoms with Crippen LogP contribution < -0.4 is 10.1 Å². The number of nitrogens with zero attached hydrogens (tertiary/aromatic N) is 2. The zero-order valence-electron chi connectivity index (χ0n) is 15.5. The summed E-state index contributed by atoms with van der Waals surface area (Å²) in [6.07, 6.45) is 5.79. The SMILES string of the molecule is COc1ccc(Cn2cnc3cc4c(cc32)C2NCCC2CC4)cc1C. The van der Waals surface area contributed by atoms with E-state index in [-0.39, 0.29) is 0 Å². The minimum atomic E-state index is 0.537. The van der Waals surface area contributed by atoms with Crippen LogP contribution in [0.1, 0.15) is 41.1 Å². The summed E-state index contributed by atoms with van der Waals surface area (Å²) >= 11 is 0. The van der Waals surface area contributed by atoms with Gasteiger partial charge in [0.05, 0.1) is 24.5 Å². The van der Waals surface area contributed by atoms with Gasteiger partial charge in [-0.25, -0.2) is 4.98 Å². The highest BCUT2D eigenvalue weighted by Gasteiger charge is 2.33. The second kappa shape index (κ2) is 6.13. The summed E-state index contributed by atoms with van der Waals surface area (Å²) in [6.45, 7) is 4.08. The van der Waals surface area contributed by atoms with Crippen molar-refractivity contribution < 1.29 is 4.74 Å². The number of rotatable bonds is 3. The largest absolute Gasteiger partial charge is 0.496 e. The predicted octanol–water partition coefficient (Wildman–Crippen LogP) is 4.00. The Bertz CT molecular complexity index is 975. The average molecular weight is 347 g/mol. The van der Waals surface area contributed by atoms with Crippen LogP contribution in [-0.2, 0) is 13.0 Å². The van der Waals surface area contributed by atoms with E-state index in [2.05, 4.69) is 52.1 Å². The molecule has 2 heterocycles. The molecule has 0 saturated carbocycles. The second-order valence-electron chi connectivity index (χ2n) is 7.74. The van der Waals surface area contributed by atoms with Gasteiger partial charge in [0, 0.05) is 12.6 Å². The maximum Gasteiger partial charge on any atom is 0.121 e. The fourth-order valence-corrected chi connectivity index (χ4v) is 4.80. The summed E-state index contributed by atoms with van der Waals surface area (Å²) in [4.78, 5) is 4.68. The first-order chi connectivity index (χ1) is 12.7. The molecule has 1 aliphatic heterocycles. The van der Waals surface area contributed by atoms with Crippen molar-refractivity contribution >= 4 is 11.0 Å². The molecule has 4 nitrogen and oxygen atoms in total. The summed E-state index contributed by atoms with van der Waals surface area (Å²) in [6, 6.07) is 11.6. The number of benzene rings is 2. The topological polar surface area (TPSA) is 39.1 Å². The first-order valence-corrected chi connectivity index (χ1v) is 9.57. The Hall–Kier alpha value is -2.33. The van der Waals surface area contributed by atoms with Crippen LogP contribution in [0.2, 0.25) is 0 Å². The Labute approximate surface area is 154 Å². The lowest BCUT2D eigenvalue weighted by molar-refractivity contribution is 0.406. The molecular weight excluding hydrogens is 322 g/mol. The molecule has 1 aliphatic carbocycles. The van der Waals surface area contributed by atoms with Crippen LogP contribution >= 0.6 is 0 Å². The third-order valence-corrected chi connectivity index (χ3v) is 6.16. The molecule has 2 unspecified atom stereocenters. The van der Waals surface area contributed by atoms with E-state index in [1.54, 1.807) is 7.11 Å². The van der Waals surface area contributed by atoms with Gasteiger partial charge >= 0.3 is 0 Å². The highest BCUT2D eigenvalue weighted by molar-refractivity contribution is 5.78. The summed E-state index contributed by atoms with van der Waals surface area (Å²) < 4.78 is 7.65. The Morgan fingerprint density at radius 1 is 1.23 bits per heavy atom. The average Bonchev–Trinajstić information content (AvgIpc) is 3.27. The molecule has 4 heteroatoms. The van der Waals surface area contributed by atoms with Gasteiger partial charge in [0.1, 0.15) is 5.75 Å². The van der Waals surface area contributed by atoms with Gasteiger partial charge in [-0.3, -0.25) is 0 Å². The van der Waals surface area contributed by atoms with E-state index in [4.69, 9.17) is 4.74 Å². The summed E-state index contributed by atoms with van der Waals surface area (Å²) in [5, 5.41) is 3.72. The molecule has 1 saturated heterocycles. The van der Waals surface area contributed by atoms with E-state index in [0.29, 0.717) is 6.04 Å². The van der Waals surface area contributed by atoms with Crippen LogP contribution in [0.5, 0.6) is 5.75 Å². The third-order valence-electron chi connectivity index (χ3n) is 6.16. The molecule has 0 amide bonds. The van der Waals surface area contributed by atoms with Crippen LogP contribution in [0.25, 0.3) is 11.0 Å². The molecule has 0 spiro atoms. The number of hydrogen-bond donors (Lipinski definition) is 1. The monoisotopic (exact) mass is 347 g/mol. The summed E-state index contributed by atoms with van der Waals surface area (Å²) in [5.74, 6) is 1.75. The van der Waals surface area contributed by atoms with Crippen molar-refractivity contribution in [3.05, 3.63) is 58.9 Å². The van der Waals surface area contributed by atoms with E-state index in [9.17, 15) is 0 Å². The number of aryl methyl sites for hydroxylation is 2. The van der Waals surface area contributed by atoms with Crippen molar-refractivity contribution in [1.82, 2.24) is 14.9 Å². The van der Waals surface area contributed by atoms with Crippen molar-refractivity contribution in [3.8, 4) is 5.75 Å². The predicted molar refractivity (Wildman–Crippen MR) is 104 cm³/mol. The van der Waals surface area contributed by atoms with E-state index >= 15 is 0 Å². The second-order valence-corrected chi connectivity index (χ2v) is 7.74. The Morgan fingerprint density at radius 3 is 3.00 bits per heavy atom. The molecule has 2 aliphatic rings. The molecule has 5 rings (SSSR count). The van der Waals surface area contributed by atoms with Crippen LogP contribution in [0.3, 0.4) is 0 Å². The summed E-state index contributed by atoms with van der Waals surface area (Å²) in [7, 11) is 1.72. The first kappa shape index (κ1) is 15.9. The van der Waals surface area contributed by atoms with Crippen molar-refractivity contribution in [2.75, 3.05) is 13.7 Å². The van der Waals surface area contributed by atoms with Crippen LogP contribution in [0, 0.1) is 12.8 Å². The first-order valence-electron chi connectivity index (χ1n) is 9.57. The lowest BCUT2D eigenvalue weighted by Gasteiger charge is -2.28. The fraction of sp³-hybridized carbons (Fsp3) is 0.409. The number of nitrogens with one attached hydrogen (secondary N) is 1. The zero-order chi connectivity index (χ0) is 17.7. The maximum absolute atomic E-state index is 5.38. The van der Waals surface area contributed by atoms with E-state index in [0.717, 1.165) is 30.3 Å². The molecule has 26 heavy (non-hydrogen) atoms. The number of methoxy groups -OCH3 is 1. The smallest absolute Gasteiger partial charge is 0.121 e. The van der Waals surface area contributed by atoms with Crippen LogP contribution in [0.4, 0.5) is 0 Å². The van der Waals surface area contributed by atoms with Gasteiger partial charge in [-0.05, 0) is 79.1 Å². The van der Waals surface area contributed by atoms with Gasteiger partial charge in [0.15, 0.2) is 0 Å². The number of hydrogen-bond acceptors (Lipinski definition) is 3. The van der Waals surface area contributed by atoms with Gasteiger partial charge in [0.2, 0.25) is 0 Å². The highest BCUT2D eigenvalue weighted by atomic mass is 16.5. The molecule has 1 N–H and O–H groups in total. The minimum absolute atomic E-state index is 0.537. The van der Waals surface area contributed by atoms with E-state index < -0.39 is 0 Å². The molecule has 0 bridgehead atoms. The lowest BCUT2D eigenvalue weighted by Crippen LogP contribution is -2.23.